The fraction of sp³-hybridized carbons (Fsp3) is 0.529. The third-order valence-electron chi connectivity index (χ3n) is 3.46. The summed E-state index contributed by atoms with van der Waals surface area (Å²) in [5.74, 6) is 1.84. The number of hydrogen-bond acceptors (Lipinski definition) is 4. The summed E-state index contributed by atoms with van der Waals surface area (Å²) in [6.07, 6.45) is 0. The predicted octanol–water partition coefficient (Wildman–Crippen LogP) is 1.85. The summed E-state index contributed by atoms with van der Waals surface area (Å²) in [6.45, 7) is 6.76. The third-order valence-corrected chi connectivity index (χ3v) is 3.46. The highest BCUT2D eigenvalue weighted by Crippen LogP contribution is 2.29. The van der Waals surface area contributed by atoms with E-state index in [1.54, 1.807) is 21.3 Å². The summed E-state index contributed by atoms with van der Waals surface area (Å²) in [5.41, 5.74) is 0.222. The molecule has 0 radical (unpaired) electrons. The molecule has 0 spiro atoms. The fourth-order valence-corrected chi connectivity index (χ4v) is 2.04. The second-order valence-electron chi connectivity index (χ2n) is 5.85. The Hall–Kier alpha value is -2.44. The van der Waals surface area contributed by atoms with E-state index in [9.17, 15) is 4.79 Å². The van der Waals surface area contributed by atoms with Crippen molar-refractivity contribution in [1.29, 1.82) is 0 Å². The number of methoxy groups -OCH3 is 2. The van der Waals surface area contributed by atoms with Crippen molar-refractivity contribution in [3.05, 3.63) is 18.2 Å². The quantitative estimate of drug-likeness (QED) is 0.523. The monoisotopic (exact) mass is 336 g/mol. The lowest BCUT2D eigenvalue weighted by Crippen LogP contribution is -2.38. The number of guanidine groups is 1. The van der Waals surface area contributed by atoms with Gasteiger partial charge in [0.25, 0.3) is 0 Å². The standard InChI is InChI=1S/C17H28N4O3/c1-7-19-16(20-11-17(2,3)15(22)18-4)21-12-8-9-13(23-5)14(10-12)24-6/h8-10H,7,11H2,1-6H3,(H,18,22)(H2,19,20,21). The number of ether oxygens (including phenoxy) is 2. The van der Waals surface area contributed by atoms with Crippen LogP contribution in [0.25, 0.3) is 0 Å². The molecule has 1 amide bonds. The lowest BCUT2D eigenvalue weighted by Gasteiger charge is -2.21. The topological polar surface area (TPSA) is 84.0 Å². The van der Waals surface area contributed by atoms with E-state index in [4.69, 9.17) is 9.47 Å². The average molecular weight is 336 g/mol. The molecular formula is C17H28N4O3. The normalized spacial score (nSPS) is 11.7. The second-order valence-corrected chi connectivity index (χ2v) is 5.85. The second kappa shape index (κ2) is 9.00. The number of benzene rings is 1. The predicted molar refractivity (Wildman–Crippen MR) is 97.0 cm³/mol. The smallest absolute Gasteiger partial charge is 0.227 e. The van der Waals surface area contributed by atoms with Crippen LogP contribution in [0.2, 0.25) is 0 Å². The molecule has 0 atom stereocenters. The summed E-state index contributed by atoms with van der Waals surface area (Å²) in [5, 5.41) is 9.03. The SMILES string of the molecule is CCNC(=NCC(C)(C)C(=O)NC)Nc1ccc(OC)c(OC)c1. The Balaban J connectivity index is 2.93. The van der Waals surface area contributed by atoms with Crippen molar-refractivity contribution in [3.8, 4) is 11.5 Å². The van der Waals surface area contributed by atoms with Crippen molar-refractivity contribution >= 4 is 17.6 Å². The lowest BCUT2D eigenvalue weighted by atomic mass is 9.93. The maximum atomic E-state index is 11.9. The van der Waals surface area contributed by atoms with Crippen LogP contribution in [0.15, 0.2) is 23.2 Å². The first-order valence-electron chi connectivity index (χ1n) is 7.87. The molecule has 3 N–H and O–H groups in total. The van der Waals surface area contributed by atoms with E-state index >= 15 is 0 Å². The van der Waals surface area contributed by atoms with Crippen molar-refractivity contribution in [3.63, 3.8) is 0 Å². The highest BCUT2D eigenvalue weighted by atomic mass is 16.5. The maximum Gasteiger partial charge on any atom is 0.227 e. The van der Waals surface area contributed by atoms with Crippen molar-refractivity contribution in [2.24, 2.45) is 10.4 Å². The molecule has 0 saturated heterocycles. The van der Waals surface area contributed by atoms with Gasteiger partial charge in [-0.05, 0) is 32.9 Å². The van der Waals surface area contributed by atoms with Crippen molar-refractivity contribution < 1.29 is 14.3 Å². The molecule has 0 aliphatic carbocycles. The summed E-state index contributed by atoms with van der Waals surface area (Å²) >= 11 is 0. The highest BCUT2D eigenvalue weighted by Gasteiger charge is 2.26. The molecule has 0 saturated carbocycles. The Labute approximate surface area is 143 Å². The Kier molecular flexibility index (Phi) is 7.35. The van der Waals surface area contributed by atoms with Gasteiger partial charge >= 0.3 is 0 Å². The molecule has 134 valence electrons. The molecule has 0 aliphatic heterocycles. The molecule has 0 bridgehead atoms. The first-order valence-corrected chi connectivity index (χ1v) is 7.87. The van der Waals surface area contributed by atoms with Gasteiger partial charge in [0.05, 0.1) is 26.2 Å². The molecule has 0 heterocycles. The molecule has 0 unspecified atom stereocenters. The van der Waals surface area contributed by atoms with E-state index in [2.05, 4.69) is 20.9 Å². The Bertz CT molecular complexity index is 585. The average Bonchev–Trinajstić information content (AvgIpc) is 2.58. The van der Waals surface area contributed by atoms with E-state index in [0.29, 0.717) is 30.5 Å². The molecule has 1 aromatic rings. The highest BCUT2D eigenvalue weighted by molar-refractivity contribution is 5.94. The van der Waals surface area contributed by atoms with Gasteiger partial charge in [0.15, 0.2) is 17.5 Å². The molecule has 0 fully saturated rings. The number of rotatable bonds is 7. The van der Waals surface area contributed by atoms with E-state index in [1.165, 1.54) is 0 Å². The third kappa shape index (κ3) is 5.33. The molecular weight excluding hydrogens is 308 g/mol. The number of hydrogen-bond donors (Lipinski definition) is 3. The van der Waals surface area contributed by atoms with Gasteiger partial charge in [-0.25, -0.2) is 0 Å². The molecule has 1 rings (SSSR count). The number of nitrogens with zero attached hydrogens (tertiary/aromatic N) is 1. The Morgan fingerprint density at radius 2 is 1.88 bits per heavy atom. The summed E-state index contributed by atoms with van der Waals surface area (Å²) < 4.78 is 10.5. The van der Waals surface area contributed by atoms with Crippen LogP contribution in [0.3, 0.4) is 0 Å². The van der Waals surface area contributed by atoms with Gasteiger partial charge in [0.2, 0.25) is 5.91 Å². The summed E-state index contributed by atoms with van der Waals surface area (Å²) in [7, 11) is 4.81. The van der Waals surface area contributed by atoms with Crippen molar-refractivity contribution in [2.75, 3.05) is 39.7 Å². The van der Waals surface area contributed by atoms with Crippen molar-refractivity contribution in [2.45, 2.75) is 20.8 Å². The summed E-state index contributed by atoms with van der Waals surface area (Å²) in [6, 6.07) is 5.52. The maximum absolute atomic E-state index is 11.9. The first-order chi connectivity index (χ1) is 11.4. The minimum Gasteiger partial charge on any atom is -0.493 e. The zero-order chi connectivity index (χ0) is 18.2. The van der Waals surface area contributed by atoms with Crippen LogP contribution in [-0.4, -0.2) is 46.2 Å². The van der Waals surface area contributed by atoms with E-state index < -0.39 is 5.41 Å². The van der Waals surface area contributed by atoms with Crippen LogP contribution in [-0.2, 0) is 4.79 Å². The Morgan fingerprint density at radius 3 is 2.42 bits per heavy atom. The van der Waals surface area contributed by atoms with Gasteiger partial charge in [-0.2, -0.15) is 0 Å². The van der Waals surface area contributed by atoms with E-state index in [-0.39, 0.29) is 5.91 Å². The fourth-order valence-electron chi connectivity index (χ4n) is 2.04. The Morgan fingerprint density at radius 1 is 1.21 bits per heavy atom. The van der Waals surface area contributed by atoms with Gasteiger partial charge < -0.3 is 25.4 Å². The number of aliphatic imine (C=N–C) groups is 1. The molecule has 7 nitrogen and oxygen atoms in total. The number of carbonyl (C=O) groups is 1. The van der Waals surface area contributed by atoms with Gasteiger partial charge in [-0.1, -0.05) is 0 Å². The largest absolute Gasteiger partial charge is 0.493 e. The van der Waals surface area contributed by atoms with Crippen LogP contribution >= 0.6 is 0 Å². The number of carbonyl (C=O) groups excluding carboxylic acids is 1. The van der Waals surface area contributed by atoms with E-state index in [1.807, 2.05) is 39.0 Å². The number of anilines is 1. The van der Waals surface area contributed by atoms with Gasteiger partial charge in [-0.15, -0.1) is 0 Å². The summed E-state index contributed by atoms with van der Waals surface area (Å²) in [4.78, 5) is 16.4. The van der Waals surface area contributed by atoms with Crippen LogP contribution in [0, 0.1) is 5.41 Å². The number of amides is 1. The molecule has 0 aliphatic rings. The molecule has 0 aromatic heterocycles. The van der Waals surface area contributed by atoms with Crippen LogP contribution < -0.4 is 25.4 Å². The van der Waals surface area contributed by atoms with Crippen LogP contribution in [0.5, 0.6) is 11.5 Å². The zero-order valence-electron chi connectivity index (χ0n) is 15.3. The van der Waals surface area contributed by atoms with Gasteiger partial charge in [0.1, 0.15) is 0 Å². The molecule has 24 heavy (non-hydrogen) atoms. The van der Waals surface area contributed by atoms with Crippen LogP contribution in [0.1, 0.15) is 20.8 Å². The first kappa shape index (κ1) is 19.6. The van der Waals surface area contributed by atoms with Gasteiger partial charge in [0, 0.05) is 25.3 Å². The zero-order valence-corrected chi connectivity index (χ0v) is 15.3. The molecule has 7 heteroatoms. The molecule has 1 aromatic carbocycles. The minimum atomic E-state index is -0.589. The van der Waals surface area contributed by atoms with E-state index in [0.717, 1.165) is 5.69 Å². The lowest BCUT2D eigenvalue weighted by molar-refractivity contribution is -0.128. The van der Waals surface area contributed by atoms with Gasteiger partial charge in [-0.3, -0.25) is 9.79 Å². The minimum absolute atomic E-state index is 0.0479. The van der Waals surface area contributed by atoms with Crippen molar-refractivity contribution in [1.82, 2.24) is 10.6 Å². The number of nitrogens with one attached hydrogen (secondary N) is 3. The van der Waals surface area contributed by atoms with Crippen LogP contribution in [0.4, 0.5) is 5.69 Å².